The van der Waals surface area contributed by atoms with Gasteiger partial charge >= 0.3 is 5.69 Å². The molecule has 94 valence electrons. The number of anilines is 1. The number of nitrogens with one attached hydrogen (secondary N) is 1. The van der Waals surface area contributed by atoms with Crippen molar-refractivity contribution >= 4 is 23.3 Å². The van der Waals surface area contributed by atoms with Gasteiger partial charge in [-0.25, -0.2) is 0 Å². The molecule has 0 radical (unpaired) electrons. The summed E-state index contributed by atoms with van der Waals surface area (Å²) < 4.78 is 0. The number of hydrogen-bond acceptors (Lipinski definition) is 6. The predicted octanol–water partition coefficient (Wildman–Crippen LogP) is 2.48. The van der Waals surface area contributed by atoms with E-state index in [9.17, 15) is 20.2 Å². The minimum Gasteiger partial charge on any atom is -0.272 e. The van der Waals surface area contributed by atoms with Crippen molar-refractivity contribution in [3.05, 3.63) is 50.6 Å². The van der Waals surface area contributed by atoms with Crippen molar-refractivity contribution < 1.29 is 9.85 Å². The van der Waals surface area contributed by atoms with E-state index in [-0.39, 0.29) is 11.4 Å². The molecule has 0 aliphatic carbocycles. The van der Waals surface area contributed by atoms with Crippen LogP contribution in [-0.4, -0.2) is 16.1 Å². The average molecular weight is 250 g/mol. The fraction of sp³-hybridized carbons (Fsp3) is 0.100. The zero-order valence-electron chi connectivity index (χ0n) is 9.49. The predicted molar refractivity (Wildman–Crippen MR) is 66.7 cm³/mol. The number of hydrogen-bond donors (Lipinski definition) is 1. The molecule has 0 unspecified atom stereocenters. The molecule has 0 aliphatic heterocycles. The number of nitrogens with zero attached hydrogens (tertiary/aromatic N) is 3. The quantitative estimate of drug-likeness (QED) is 0.490. The van der Waals surface area contributed by atoms with Gasteiger partial charge < -0.3 is 0 Å². The molecule has 8 nitrogen and oxygen atoms in total. The molecule has 0 bridgehead atoms. The molecule has 0 aliphatic rings. The zero-order chi connectivity index (χ0) is 13.7. The van der Waals surface area contributed by atoms with Gasteiger partial charge in [0, 0.05) is 12.3 Å². The van der Waals surface area contributed by atoms with Crippen molar-refractivity contribution in [1.29, 1.82) is 0 Å². The molecule has 0 saturated heterocycles. The second-order valence-corrected chi connectivity index (χ2v) is 3.43. The monoisotopic (exact) mass is 250 g/mol. The Morgan fingerprint density at radius 1 is 1.39 bits per heavy atom. The van der Waals surface area contributed by atoms with Crippen molar-refractivity contribution in [3.63, 3.8) is 0 Å². The molecule has 0 heterocycles. The van der Waals surface area contributed by atoms with Crippen molar-refractivity contribution in [2.45, 2.75) is 6.92 Å². The fourth-order valence-corrected chi connectivity index (χ4v) is 1.09. The SMILES string of the molecule is C=C(C)/C=N\Nc1ccc([N+](=O)[O-])cc1[N+](=O)[O-]. The molecular formula is C10H10N4O4. The van der Waals surface area contributed by atoms with Gasteiger partial charge in [-0.15, -0.1) is 0 Å². The Hall–Kier alpha value is -2.77. The van der Waals surface area contributed by atoms with Crippen LogP contribution >= 0.6 is 0 Å². The van der Waals surface area contributed by atoms with Gasteiger partial charge in [-0.05, 0) is 18.6 Å². The topological polar surface area (TPSA) is 111 Å². The van der Waals surface area contributed by atoms with Crippen LogP contribution in [0.3, 0.4) is 0 Å². The Balaban J connectivity index is 3.08. The van der Waals surface area contributed by atoms with E-state index in [4.69, 9.17) is 0 Å². The van der Waals surface area contributed by atoms with Crippen molar-refractivity contribution in [2.24, 2.45) is 5.10 Å². The van der Waals surface area contributed by atoms with E-state index >= 15 is 0 Å². The lowest BCUT2D eigenvalue weighted by molar-refractivity contribution is -0.393. The Bertz CT molecular complexity index is 539. The van der Waals surface area contributed by atoms with Crippen LogP contribution in [0.1, 0.15) is 6.92 Å². The maximum Gasteiger partial charge on any atom is 0.301 e. The number of hydrazone groups is 1. The van der Waals surface area contributed by atoms with E-state index in [2.05, 4.69) is 17.1 Å². The Morgan fingerprint density at radius 3 is 2.56 bits per heavy atom. The summed E-state index contributed by atoms with van der Waals surface area (Å²) in [5.41, 5.74) is 2.40. The lowest BCUT2D eigenvalue weighted by Gasteiger charge is -2.01. The molecule has 18 heavy (non-hydrogen) atoms. The van der Waals surface area contributed by atoms with Crippen LogP contribution in [0.15, 0.2) is 35.5 Å². The first-order valence-corrected chi connectivity index (χ1v) is 4.79. The van der Waals surface area contributed by atoms with Crippen LogP contribution in [0.4, 0.5) is 17.1 Å². The highest BCUT2D eigenvalue weighted by Crippen LogP contribution is 2.28. The van der Waals surface area contributed by atoms with Crippen LogP contribution in [0.2, 0.25) is 0 Å². The van der Waals surface area contributed by atoms with Gasteiger partial charge in [0.1, 0.15) is 5.69 Å². The highest BCUT2D eigenvalue weighted by molar-refractivity contribution is 5.78. The second-order valence-electron chi connectivity index (χ2n) is 3.43. The summed E-state index contributed by atoms with van der Waals surface area (Å²) in [5, 5.41) is 25.0. The number of non-ortho nitro benzene ring substituents is 1. The van der Waals surface area contributed by atoms with Crippen LogP contribution in [0.25, 0.3) is 0 Å². The summed E-state index contributed by atoms with van der Waals surface area (Å²) in [5.74, 6) is 0. The van der Waals surface area contributed by atoms with E-state index in [1.54, 1.807) is 6.92 Å². The number of nitro groups is 2. The summed E-state index contributed by atoms with van der Waals surface area (Å²) in [6, 6.07) is 3.26. The first-order valence-electron chi connectivity index (χ1n) is 4.79. The standard InChI is InChI=1S/C10H10N4O4/c1-7(2)6-11-12-9-4-3-8(13(15)16)5-10(9)14(17)18/h3-6,12H,1H2,2H3/b11-6-. The van der Waals surface area contributed by atoms with E-state index in [1.807, 2.05) is 0 Å². The molecule has 0 atom stereocenters. The summed E-state index contributed by atoms with van der Waals surface area (Å²) in [4.78, 5) is 19.9. The summed E-state index contributed by atoms with van der Waals surface area (Å²) in [6.45, 7) is 5.27. The minimum absolute atomic E-state index is 0.0723. The van der Waals surface area contributed by atoms with Gasteiger partial charge in [-0.1, -0.05) is 6.58 Å². The van der Waals surface area contributed by atoms with Crippen LogP contribution in [-0.2, 0) is 0 Å². The van der Waals surface area contributed by atoms with Crippen LogP contribution < -0.4 is 5.43 Å². The molecule has 1 aromatic rings. The Kier molecular flexibility index (Phi) is 4.08. The number of rotatable bonds is 5. The lowest BCUT2D eigenvalue weighted by Crippen LogP contribution is -1.98. The molecular weight excluding hydrogens is 240 g/mol. The third-order valence-electron chi connectivity index (χ3n) is 1.86. The molecule has 0 saturated carbocycles. The average Bonchev–Trinajstić information content (AvgIpc) is 2.28. The lowest BCUT2D eigenvalue weighted by atomic mass is 10.2. The van der Waals surface area contributed by atoms with Crippen molar-refractivity contribution in [3.8, 4) is 0 Å². The van der Waals surface area contributed by atoms with E-state index in [0.717, 1.165) is 12.1 Å². The summed E-state index contributed by atoms with van der Waals surface area (Å²) in [6.07, 6.45) is 1.38. The number of benzene rings is 1. The highest BCUT2D eigenvalue weighted by atomic mass is 16.6. The van der Waals surface area contributed by atoms with Gasteiger partial charge in [0.25, 0.3) is 5.69 Å². The maximum atomic E-state index is 10.8. The van der Waals surface area contributed by atoms with E-state index in [0.29, 0.717) is 5.57 Å². The van der Waals surface area contributed by atoms with E-state index < -0.39 is 15.5 Å². The first kappa shape index (κ1) is 13.3. The van der Waals surface area contributed by atoms with E-state index in [1.165, 1.54) is 12.3 Å². The fourth-order valence-electron chi connectivity index (χ4n) is 1.09. The number of allylic oxidation sites excluding steroid dienone is 1. The third-order valence-corrected chi connectivity index (χ3v) is 1.86. The molecule has 8 heteroatoms. The smallest absolute Gasteiger partial charge is 0.272 e. The first-order chi connectivity index (χ1) is 8.41. The normalized spacial score (nSPS) is 10.3. The molecule has 0 aromatic heterocycles. The zero-order valence-corrected chi connectivity index (χ0v) is 9.49. The summed E-state index contributed by atoms with van der Waals surface area (Å²) in [7, 11) is 0. The van der Waals surface area contributed by atoms with Crippen molar-refractivity contribution in [2.75, 3.05) is 5.43 Å². The van der Waals surface area contributed by atoms with Gasteiger partial charge in [0.15, 0.2) is 0 Å². The largest absolute Gasteiger partial charge is 0.301 e. The molecule has 1 aromatic carbocycles. The molecule has 0 fully saturated rings. The van der Waals surface area contributed by atoms with Crippen LogP contribution in [0, 0.1) is 20.2 Å². The maximum absolute atomic E-state index is 10.8. The Morgan fingerprint density at radius 2 is 2.06 bits per heavy atom. The van der Waals surface area contributed by atoms with Gasteiger partial charge in [-0.3, -0.25) is 25.7 Å². The molecule has 0 amide bonds. The van der Waals surface area contributed by atoms with Crippen molar-refractivity contribution in [1.82, 2.24) is 0 Å². The summed E-state index contributed by atoms with van der Waals surface area (Å²) >= 11 is 0. The molecule has 1 N–H and O–H groups in total. The van der Waals surface area contributed by atoms with Gasteiger partial charge in [0.2, 0.25) is 0 Å². The van der Waals surface area contributed by atoms with Crippen LogP contribution in [0.5, 0.6) is 0 Å². The third kappa shape index (κ3) is 3.37. The minimum atomic E-state index is -0.717. The van der Waals surface area contributed by atoms with Gasteiger partial charge in [0.05, 0.1) is 15.9 Å². The molecule has 1 rings (SSSR count). The Labute approximate surface area is 102 Å². The second kappa shape index (κ2) is 5.53. The number of nitro benzene ring substituents is 2. The molecule has 0 spiro atoms. The highest BCUT2D eigenvalue weighted by Gasteiger charge is 2.18. The van der Waals surface area contributed by atoms with Gasteiger partial charge in [-0.2, -0.15) is 5.10 Å².